The van der Waals surface area contributed by atoms with Gasteiger partial charge in [0.2, 0.25) is 5.91 Å². The number of likely N-dealkylation sites (tertiary alicyclic amines) is 1. The van der Waals surface area contributed by atoms with E-state index < -0.39 is 0 Å². The summed E-state index contributed by atoms with van der Waals surface area (Å²) in [7, 11) is 1.59. The largest absolute Gasteiger partial charge is 0.483 e. The lowest BCUT2D eigenvalue weighted by Crippen LogP contribution is -2.47. The van der Waals surface area contributed by atoms with Gasteiger partial charge in [0.1, 0.15) is 5.75 Å². The van der Waals surface area contributed by atoms with Crippen LogP contribution in [-0.2, 0) is 20.7 Å². The molecule has 2 amide bonds. The van der Waals surface area contributed by atoms with E-state index in [9.17, 15) is 9.59 Å². The molecule has 6 heteroatoms. The van der Waals surface area contributed by atoms with Gasteiger partial charge < -0.3 is 19.7 Å². The molecule has 1 aliphatic rings. The van der Waals surface area contributed by atoms with Crippen LogP contribution in [0.15, 0.2) is 24.3 Å². The first-order valence-corrected chi connectivity index (χ1v) is 8.90. The number of ether oxygens (including phenoxy) is 2. The molecule has 1 heterocycles. The lowest BCUT2D eigenvalue weighted by molar-refractivity contribution is -0.133. The highest BCUT2D eigenvalue weighted by Crippen LogP contribution is 2.18. The van der Waals surface area contributed by atoms with Crippen molar-refractivity contribution in [3.8, 4) is 5.75 Å². The molecule has 1 aromatic rings. The van der Waals surface area contributed by atoms with Crippen molar-refractivity contribution in [1.29, 1.82) is 0 Å². The molecule has 1 N–H and O–H groups in total. The Morgan fingerprint density at radius 1 is 1.24 bits per heavy atom. The molecular weight excluding hydrogens is 320 g/mol. The highest BCUT2D eigenvalue weighted by Gasteiger charge is 2.23. The maximum atomic E-state index is 12.1. The maximum Gasteiger partial charge on any atom is 0.258 e. The number of piperidine rings is 1. The molecule has 0 bridgehead atoms. The summed E-state index contributed by atoms with van der Waals surface area (Å²) in [4.78, 5) is 25.9. The molecule has 138 valence electrons. The number of carbonyl (C=O) groups excluding carboxylic acids is 2. The normalized spacial score (nSPS) is 15.0. The average Bonchev–Trinajstić information content (AvgIpc) is 2.65. The third-order valence-electron chi connectivity index (χ3n) is 4.45. The number of para-hydroxylation sites is 1. The fraction of sp³-hybridized carbons (Fsp3) is 0.579. The smallest absolute Gasteiger partial charge is 0.258 e. The summed E-state index contributed by atoms with van der Waals surface area (Å²) in [5.41, 5.74) is 1.10. The molecule has 0 unspecified atom stereocenters. The SMILES string of the molecule is CCc1ccccc1OCC(=O)NC1CCN(C(=O)CCOC)CC1. The molecule has 0 saturated carbocycles. The first kappa shape index (κ1) is 19.2. The summed E-state index contributed by atoms with van der Waals surface area (Å²) in [6.07, 6.45) is 2.83. The molecule has 1 aromatic carbocycles. The Labute approximate surface area is 149 Å². The molecule has 0 aliphatic carbocycles. The van der Waals surface area contributed by atoms with Crippen LogP contribution in [0.1, 0.15) is 31.7 Å². The van der Waals surface area contributed by atoms with E-state index in [1.165, 1.54) is 0 Å². The van der Waals surface area contributed by atoms with Crippen LogP contribution in [0.25, 0.3) is 0 Å². The zero-order valence-electron chi connectivity index (χ0n) is 15.1. The molecule has 0 atom stereocenters. The van der Waals surface area contributed by atoms with Gasteiger partial charge in [-0.05, 0) is 30.9 Å². The number of rotatable bonds is 8. The maximum absolute atomic E-state index is 12.1. The number of carbonyl (C=O) groups is 2. The van der Waals surface area contributed by atoms with Crippen LogP contribution in [0.2, 0.25) is 0 Å². The minimum absolute atomic E-state index is 0.0179. The van der Waals surface area contributed by atoms with Crippen molar-refractivity contribution in [1.82, 2.24) is 10.2 Å². The lowest BCUT2D eigenvalue weighted by atomic mass is 10.0. The summed E-state index contributed by atoms with van der Waals surface area (Å²) in [6.45, 7) is 3.88. The first-order valence-electron chi connectivity index (χ1n) is 8.90. The van der Waals surface area contributed by atoms with Gasteiger partial charge in [0.15, 0.2) is 6.61 Å². The Kier molecular flexibility index (Phi) is 7.73. The highest BCUT2D eigenvalue weighted by molar-refractivity contribution is 5.78. The zero-order chi connectivity index (χ0) is 18.1. The summed E-state index contributed by atoms with van der Waals surface area (Å²) >= 11 is 0. The van der Waals surface area contributed by atoms with Crippen LogP contribution < -0.4 is 10.1 Å². The van der Waals surface area contributed by atoms with E-state index in [1.807, 2.05) is 29.2 Å². The monoisotopic (exact) mass is 348 g/mol. The number of nitrogens with one attached hydrogen (secondary N) is 1. The summed E-state index contributed by atoms with van der Waals surface area (Å²) in [6, 6.07) is 7.86. The predicted octanol–water partition coefficient (Wildman–Crippen LogP) is 1.77. The van der Waals surface area contributed by atoms with Crippen LogP contribution in [0.5, 0.6) is 5.75 Å². The minimum atomic E-state index is -0.116. The minimum Gasteiger partial charge on any atom is -0.483 e. The lowest BCUT2D eigenvalue weighted by Gasteiger charge is -2.32. The van der Waals surface area contributed by atoms with E-state index in [-0.39, 0.29) is 24.5 Å². The number of aryl methyl sites for hydroxylation is 1. The number of amides is 2. The second-order valence-corrected chi connectivity index (χ2v) is 6.22. The molecular formula is C19H28N2O4. The number of hydrogen-bond acceptors (Lipinski definition) is 4. The highest BCUT2D eigenvalue weighted by atomic mass is 16.5. The van der Waals surface area contributed by atoms with Crippen molar-refractivity contribution in [2.75, 3.05) is 33.4 Å². The van der Waals surface area contributed by atoms with Gasteiger partial charge in [-0.1, -0.05) is 25.1 Å². The van der Waals surface area contributed by atoms with E-state index in [4.69, 9.17) is 9.47 Å². The Morgan fingerprint density at radius 2 is 1.96 bits per heavy atom. The van der Waals surface area contributed by atoms with Gasteiger partial charge in [0.25, 0.3) is 5.91 Å². The molecule has 1 fully saturated rings. The van der Waals surface area contributed by atoms with Gasteiger partial charge >= 0.3 is 0 Å². The molecule has 2 rings (SSSR count). The van der Waals surface area contributed by atoms with Crippen molar-refractivity contribution in [2.45, 2.75) is 38.6 Å². The van der Waals surface area contributed by atoms with Gasteiger partial charge in [-0.3, -0.25) is 9.59 Å². The van der Waals surface area contributed by atoms with Gasteiger partial charge in [-0.2, -0.15) is 0 Å². The van der Waals surface area contributed by atoms with Crippen molar-refractivity contribution in [3.05, 3.63) is 29.8 Å². The van der Waals surface area contributed by atoms with Crippen LogP contribution in [0, 0.1) is 0 Å². The number of benzene rings is 1. The number of hydrogen-bond donors (Lipinski definition) is 1. The van der Waals surface area contributed by atoms with Crippen molar-refractivity contribution in [2.24, 2.45) is 0 Å². The van der Waals surface area contributed by atoms with Gasteiger partial charge in [0.05, 0.1) is 13.0 Å². The van der Waals surface area contributed by atoms with Crippen LogP contribution >= 0.6 is 0 Å². The summed E-state index contributed by atoms with van der Waals surface area (Å²) < 4.78 is 10.6. The Morgan fingerprint density at radius 3 is 2.64 bits per heavy atom. The summed E-state index contributed by atoms with van der Waals surface area (Å²) in [5.74, 6) is 0.764. The third-order valence-corrected chi connectivity index (χ3v) is 4.45. The van der Waals surface area contributed by atoms with E-state index >= 15 is 0 Å². The second-order valence-electron chi connectivity index (χ2n) is 6.22. The molecule has 0 spiro atoms. The van der Waals surface area contributed by atoms with Gasteiger partial charge in [0, 0.05) is 26.2 Å². The third kappa shape index (κ3) is 6.05. The molecule has 1 saturated heterocycles. The van der Waals surface area contributed by atoms with Crippen molar-refractivity contribution in [3.63, 3.8) is 0 Å². The molecule has 0 radical (unpaired) electrons. The molecule has 1 aliphatic heterocycles. The van der Waals surface area contributed by atoms with E-state index in [0.29, 0.717) is 26.1 Å². The molecule has 6 nitrogen and oxygen atoms in total. The standard InChI is InChI=1S/C19H28N2O4/c1-3-15-6-4-5-7-17(15)25-14-18(22)20-16-8-11-21(12-9-16)19(23)10-13-24-2/h4-7,16H,3,8-14H2,1-2H3,(H,20,22). The Balaban J connectivity index is 1.71. The van der Waals surface area contributed by atoms with Gasteiger partial charge in [-0.25, -0.2) is 0 Å². The zero-order valence-corrected chi connectivity index (χ0v) is 15.1. The fourth-order valence-electron chi connectivity index (χ4n) is 2.97. The van der Waals surface area contributed by atoms with Crippen molar-refractivity contribution >= 4 is 11.8 Å². The Bertz CT molecular complexity index is 568. The number of nitrogens with zero attached hydrogens (tertiary/aromatic N) is 1. The quantitative estimate of drug-likeness (QED) is 0.777. The number of methoxy groups -OCH3 is 1. The average molecular weight is 348 g/mol. The second kappa shape index (κ2) is 10.0. The predicted molar refractivity (Wildman–Crippen MR) is 95.6 cm³/mol. The van der Waals surface area contributed by atoms with Crippen molar-refractivity contribution < 1.29 is 19.1 Å². The topological polar surface area (TPSA) is 67.9 Å². The molecule has 0 aromatic heterocycles. The van der Waals surface area contributed by atoms with E-state index in [0.717, 1.165) is 30.6 Å². The van der Waals surface area contributed by atoms with Gasteiger partial charge in [-0.15, -0.1) is 0 Å². The van der Waals surface area contributed by atoms with E-state index in [1.54, 1.807) is 7.11 Å². The first-order chi connectivity index (χ1) is 12.1. The Hall–Kier alpha value is -2.08. The van der Waals surface area contributed by atoms with Crippen LogP contribution in [-0.4, -0.2) is 56.2 Å². The van der Waals surface area contributed by atoms with Crippen LogP contribution in [0.3, 0.4) is 0 Å². The van der Waals surface area contributed by atoms with Crippen LogP contribution in [0.4, 0.5) is 0 Å². The summed E-state index contributed by atoms with van der Waals surface area (Å²) in [5, 5.41) is 3.00. The fourth-order valence-corrected chi connectivity index (χ4v) is 2.97. The van der Waals surface area contributed by atoms with E-state index in [2.05, 4.69) is 12.2 Å². The molecule has 25 heavy (non-hydrogen) atoms.